The highest BCUT2D eigenvalue weighted by atomic mass is 35.5. The number of rotatable bonds is 6. The van der Waals surface area contributed by atoms with Crippen molar-refractivity contribution in [2.45, 2.75) is 6.42 Å². The molecule has 3 N–H and O–H groups in total. The largest absolute Gasteiger partial charge is 0.362 e. The summed E-state index contributed by atoms with van der Waals surface area (Å²) in [4.78, 5) is 12.1. The van der Waals surface area contributed by atoms with Gasteiger partial charge in [0, 0.05) is 22.9 Å². The van der Waals surface area contributed by atoms with Crippen molar-refractivity contribution in [3.63, 3.8) is 0 Å². The van der Waals surface area contributed by atoms with Crippen LogP contribution in [0.1, 0.15) is 15.9 Å². The Hall–Kier alpha value is -2.96. The van der Waals surface area contributed by atoms with Crippen LogP contribution in [0.2, 0.25) is 5.02 Å². The number of hydrogen-bond acceptors (Lipinski definition) is 2. The highest BCUT2D eigenvalue weighted by molar-refractivity contribution is 7.80. The Morgan fingerprint density at radius 2 is 1.62 bits per heavy atom. The molecule has 3 rings (SSSR count). The SMILES string of the molecule is O=C(Nc1ccc(NC(=S)NCCc2cccc(Cl)c2)cc1)c1ccccc1F. The first-order valence-electron chi connectivity index (χ1n) is 8.96. The van der Waals surface area contributed by atoms with Gasteiger partial charge in [0.2, 0.25) is 0 Å². The van der Waals surface area contributed by atoms with Crippen molar-refractivity contribution in [1.82, 2.24) is 5.32 Å². The molecule has 0 radical (unpaired) electrons. The summed E-state index contributed by atoms with van der Waals surface area (Å²) in [5.41, 5.74) is 2.46. The Bertz CT molecular complexity index is 1010. The van der Waals surface area contributed by atoms with Gasteiger partial charge in [-0.2, -0.15) is 0 Å². The van der Waals surface area contributed by atoms with Crippen molar-refractivity contribution >= 4 is 46.2 Å². The van der Waals surface area contributed by atoms with Crippen molar-refractivity contribution in [3.05, 3.63) is 94.8 Å². The predicted molar refractivity (Wildman–Crippen MR) is 120 cm³/mol. The maximum Gasteiger partial charge on any atom is 0.258 e. The van der Waals surface area contributed by atoms with Crippen molar-refractivity contribution in [1.29, 1.82) is 0 Å². The predicted octanol–water partition coefficient (Wildman–Crippen LogP) is 5.26. The minimum atomic E-state index is -0.558. The number of halogens is 2. The molecule has 0 spiro atoms. The van der Waals surface area contributed by atoms with Crippen LogP contribution >= 0.6 is 23.8 Å². The standard InChI is InChI=1S/C22H19ClFN3OS/c23-16-5-3-4-15(14-16)12-13-25-22(29)27-18-10-8-17(9-11-18)26-21(28)19-6-1-2-7-20(19)24/h1-11,14H,12-13H2,(H,26,28)(H2,25,27,29). The van der Waals surface area contributed by atoms with Crippen LogP contribution in [0.15, 0.2) is 72.8 Å². The molecule has 7 heteroatoms. The zero-order chi connectivity index (χ0) is 20.6. The number of benzene rings is 3. The van der Waals surface area contributed by atoms with Gasteiger partial charge in [-0.25, -0.2) is 4.39 Å². The van der Waals surface area contributed by atoms with E-state index in [1.165, 1.54) is 12.1 Å². The maximum absolute atomic E-state index is 13.7. The van der Waals surface area contributed by atoms with Crippen LogP contribution in [0.3, 0.4) is 0 Å². The lowest BCUT2D eigenvalue weighted by atomic mass is 10.1. The van der Waals surface area contributed by atoms with Gasteiger partial charge in [0.1, 0.15) is 5.82 Å². The molecule has 0 fully saturated rings. The minimum Gasteiger partial charge on any atom is -0.362 e. The Balaban J connectivity index is 1.48. The van der Waals surface area contributed by atoms with E-state index in [4.69, 9.17) is 23.8 Å². The molecule has 0 aliphatic carbocycles. The number of hydrogen-bond donors (Lipinski definition) is 3. The molecule has 0 aromatic heterocycles. The van der Waals surface area contributed by atoms with E-state index < -0.39 is 11.7 Å². The van der Waals surface area contributed by atoms with E-state index in [-0.39, 0.29) is 5.56 Å². The summed E-state index contributed by atoms with van der Waals surface area (Å²) in [5.74, 6) is -1.06. The van der Waals surface area contributed by atoms with Crippen LogP contribution < -0.4 is 16.0 Å². The van der Waals surface area contributed by atoms with Crippen molar-refractivity contribution in [2.75, 3.05) is 17.2 Å². The highest BCUT2D eigenvalue weighted by Gasteiger charge is 2.10. The molecule has 0 aliphatic rings. The molecule has 29 heavy (non-hydrogen) atoms. The van der Waals surface area contributed by atoms with Gasteiger partial charge in [-0.3, -0.25) is 4.79 Å². The third-order valence-electron chi connectivity index (χ3n) is 4.11. The van der Waals surface area contributed by atoms with Crippen molar-refractivity contribution in [2.24, 2.45) is 0 Å². The number of carbonyl (C=O) groups is 1. The van der Waals surface area contributed by atoms with Gasteiger partial charge in [-0.1, -0.05) is 35.9 Å². The summed E-state index contributed by atoms with van der Waals surface area (Å²) in [6.07, 6.45) is 0.795. The fraction of sp³-hybridized carbons (Fsp3) is 0.0909. The molecule has 148 valence electrons. The summed E-state index contributed by atoms with van der Waals surface area (Å²) in [5, 5.41) is 10.1. The van der Waals surface area contributed by atoms with Crippen LogP contribution in [0.5, 0.6) is 0 Å². The van der Waals surface area contributed by atoms with E-state index in [0.29, 0.717) is 22.4 Å². The van der Waals surface area contributed by atoms with Crippen LogP contribution in [-0.4, -0.2) is 17.6 Å². The molecule has 0 heterocycles. The molecule has 0 bridgehead atoms. The minimum absolute atomic E-state index is 0.000201. The topological polar surface area (TPSA) is 53.2 Å². The lowest BCUT2D eigenvalue weighted by Gasteiger charge is -2.12. The zero-order valence-corrected chi connectivity index (χ0v) is 17.0. The zero-order valence-electron chi connectivity index (χ0n) is 15.4. The lowest BCUT2D eigenvalue weighted by Crippen LogP contribution is -2.30. The number of nitrogens with one attached hydrogen (secondary N) is 3. The molecule has 3 aromatic rings. The molecule has 0 saturated carbocycles. The molecule has 0 atom stereocenters. The van der Waals surface area contributed by atoms with Crippen LogP contribution in [-0.2, 0) is 6.42 Å². The molecule has 4 nitrogen and oxygen atoms in total. The monoisotopic (exact) mass is 427 g/mol. The average Bonchev–Trinajstić information content (AvgIpc) is 2.70. The van der Waals surface area contributed by atoms with E-state index in [0.717, 1.165) is 17.7 Å². The molecule has 3 aromatic carbocycles. The fourth-order valence-corrected chi connectivity index (χ4v) is 3.10. The van der Waals surface area contributed by atoms with E-state index in [2.05, 4.69) is 16.0 Å². The van der Waals surface area contributed by atoms with E-state index in [1.807, 2.05) is 24.3 Å². The first kappa shape index (κ1) is 20.8. The normalized spacial score (nSPS) is 10.3. The van der Waals surface area contributed by atoms with Crippen LogP contribution in [0, 0.1) is 5.82 Å². The van der Waals surface area contributed by atoms with Crippen molar-refractivity contribution < 1.29 is 9.18 Å². The highest BCUT2D eigenvalue weighted by Crippen LogP contribution is 2.16. The number of thiocarbonyl (C=S) groups is 1. The Labute approximate surface area is 179 Å². The second-order valence-electron chi connectivity index (χ2n) is 6.27. The number of anilines is 2. The Morgan fingerprint density at radius 3 is 2.31 bits per heavy atom. The first-order valence-corrected chi connectivity index (χ1v) is 9.75. The second-order valence-corrected chi connectivity index (χ2v) is 7.12. The van der Waals surface area contributed by atoms with Gasteiger partial charge in [-0.05, 0) is 72.7 Å². The first-order chi connectivity index (χ1) is 14.0. The third-order valence-corrected chi connectivity index (χ3v) is 4.59. The van der Waals surface area contributed by atoms with E-state index >= 15 is 0 Å². The summed E-state index contributed by atoms with van der Waals surface area (Å²) in [7, 11) is 0. The number of amides is 1. The third kappa shape index (κ3) is 6.27. The number of carbonyl (C=O) groups excluding carboxylic acids is 1. The molecular formula is C22H19ClFN3OS. The summed E-state index contributed by atoms with van der Waals surface area (Å²) >= 11 is 11.3. The summed E-state index contributed by atoms with van der Waals surface area (Å²) in [6.45, 7) is 0.670. The van der Waals surface area contributed by atoms with Gasteiger partial charge >= 0.3 is 0 Å². The van der Waals surface area contributed by atoms with E-state index in [1.54, 1.807) is 36.4 Å². The van der Waals surface area contributed by atoms with Gasteiger partial charge in [0.25, 0.3) is 5.91 Å². The lowest BCUT2D eigenvalue weighted by molar-refractivity contribution is 0.102. The second kappa shape index (κ2) is 10.0. The fourth-order valence-electron chi connectivity index (χ4n) is 2.67. The van der Waals surface area contributed by atoms with Gasteiger partial charge in [-0.15, -0.1) is 0 Å². The van der Waals surface area contributed by atoms with Gasteiger partial charge in [0.05, 0.1) is 5.56 Å². The Kier molecular flexibility index (Phi) is 7.16. The molecule has 1 amide bonds. The van der Waals surface area contributed by atoms with Crippen molar-refractivity contribution in [3.8, 4) is 0 Å². The maximum atomic E-state index is 13.7. The smallest absolute Gasteiger partial charge is 0.258 e. The van der Waals surface area contributed by atoms with Gasteiger partial charge in [0.15, 0.2) is 5.11 Å². The van der Waals surface area contributed by atoms with Crippen LogP contribution in [0.4, 0.5) is 15.8 Å². The summed E-state index contributed by atoms with van der Waals surface area (Å²) in [6, 6.07) is 20.5. The van der Waals surface area contributed by atoms with Crippen LogP contribution in [0.25, 0.3) is 0 Å². The Morgan fingerprint density at radius 1 is 0.931 bits per heavy atom. The van der Waals surface area contributed by atoms with Gasteiger partial charge < -0.3 is 16.0 Å². The molecular weight excluding hydrogens is 409 g/mol. The molecule has 0 saturated heterocycles. The van der Waals surface area contributed by atoms with E-state index in [9.17, 15) is 9.18 Å². The molecule has 0 aliphatic heterocycles. The average molecular weight is 428 g/mol. The quantitative estimate of drug-likeness (QED) is 0.469. The molecule has 0 unspecified atom stereocenters. The summed E-state index contributed by atoms with van der Waals surface area (Å²) < 4.78 is 13.7.